The summed E-state index contributed by atoms with van der Waals surface area (Å²) in [5, 5.41) is 0. The summed E-state index contributed by atoms with van der Waals surface area (Å²) in [6.45, 7) is 10.3. The fraction of sp³-hybridized carbons (Fsp3) is 0.333. The van der Waals surface area contributed by atoms with Crippen LogP contribution in [-0.2, 0) is 18.3 Å². The van der Waals surface area contributed by atoms with Gasteiger partial charge in [0.25, 0.3) is 5.82 Å². The van der Waals surface area contributed by atoms with Crippen LogP contribution in [0.3, 0.4) is 0 Å². The molecule has 2 aromatic carbocycles. The second kappa shape index (κ2) is 9.44. The van der Waals surface area contributed by atoms with E-state index in [1.807, 2.05) is 25.1 Å². The standard InChI is InChI=1S/C27H30N3O3.HI/c1-6-29-23-14-17(3)18(4)15-24(23)33-25(29)11-9-19-12-13-30-21-10-8-20(27(31)32-7-2)16-22(21)28(5)26(19)30;/h8-11,14-16H,6-7,12-13H2,1-5H3;1H/q+1;/p-1. The maximum absolute atomic E-state index is 12.2. The first-order chi connectivity index (χ1) is 15.9. The van der Waals surface area contributed by atoms with Crippen molar-refractivity contribution >= 4 is 28.3 Å². The highest BCUT2D eigenvalue weighted by atomic mass is 127. The predicted octanol–water partition coefficient (Wildman–Crippen LogP) is 1.81. The van der Waals surface area contributed by atoms with Gasteiger partial charge in [-0.05, 0) is 75.2 Å². The van der Waals surface area contributed by atoms with Gasteiger partial charge in [0.1, 0.15) is 0 Å². The van der Waals surface area contributed by atoms with Crippen LogP contribution in [0.1, 0.15) is 47.6 Å². The summed E-state index contributed by atoms with van der Waals surface area (Å²) in [5.41, 5.74) is 7.62. The highest BCUT2D eigenvalue weighted by molar-refractivity contribution is 5.93. The molecule has 0 atom stereocenters. The number of rotatable bonds is 4. The van der Waals surface area contributed by atoms with Crippen LogP contribution in [0, 0.1) is 13.8 Å². The lowest BCUT2D eigenvalue weighted by molar-refractivity contribution is -0.664. The molecule has 34 heavy (non-hydrogen) atoms. The number of carbonyl (C=O) groups excluding carboxylic acids is 1. The predicted molar refractivity (Wildman–Crippen MR) is 129 cm³/mol. The molecule has 5 rings (SSSR count). The number of hydrogen-bond acceptors (Lipinski definition) is 4. The second-order valence-corrected chi connectivity index (χ2v) is 8.66. The van der Waals surface area contributed by atoms with E-state index < -0.39 is 0 Å². The third-order valence-corrected chi connectivity index (χ3v) is 6.69. The summed E-state index contributed by atoms with van der Waals surface area (Å²) in [6, 6.07) is 10.1. The Morgan fingerprint density at radius 2 is 1.91 bits per heavy atom. The number of halogens is 1. The van der Waals surface area contributed by atoms with E-state index in [2.05, 4.69) is 66.1 Å². The lowest BCUT2D eigenvalue weighted by Gasteiger charge is -2.15. The molecule has 0 amide bonds. The van der Waals surface area contributed by atoms with Gasteiger partial charge >= 0.3 is 5.97 Å². The summed E-state index contributed by atoms with van der Waals surface area (Å²) in [5.74, 6) is 2.65. The van der Waals surface area contributed by atoms with Crippen molar-refractivity contribution in [2.75, 3.05) is 18.1 Å². The Kier molecular flexibility index (Phi) is 6.75. The zero-order valence-corrected chi connectivity index (χ0v) is 22.5. The Morgan fingerprint density at radius 3 is 2.65 bits per heavy atom. The van der Waals surface area contributed by atoms with Crippen molar-refractivity contribution in [3.8, 4) is 5.75 Å². The fourth-order valence-electron chi connectivity index (χ4n) is 4.86. The number of hydrogen-bond donors (Lipinski definition) is 0. The van der Waals surface area contributed by atoms with E-state index in [0.29, 0.717) is 12.2 Å². The maximum Gasteiger partial charge on any atom is 0.338 e. The monoisotopic (exact) mass is 571 g/mol. The molecule has 0 aliphatic carbocycles. The van der Waals surface area contributed by atoms with Gasteiger partial charge in [0.05, 0.1) is 31.5 Å². The number of fused-ring (bicyclic) bond motifs is 4. The molecule has 3 aromatic rings. The zero-order chi connectivity index (χ0) is 23.3. The summed E-state index contributed by atoms with van der Waals surface area (Å²) in [7, 11) is 2.06. The fourth-order valence-corrected chi connectivity index (χ4v) is 4.86. The molecule has 0 fully saturated rings. The van der Waals surface area contributed by atoms with Crippen LogP contribution >= 0.6 is 0 Å². The van der Waals surface area contributed by atoms with Crippen molar-refractivity contribution in [1.29, 1.82) is 0 Å². The molecule has 0 saturated carbocycles. The minimum absolute atomic E-state index is 0. The van der Waals surface area contributed by atoms with Gasteiger partial charge in [-0.25, -0.2) is 13.9 Å². The Bertz CT molecular complexity index is 1350. The topological polar surface area (TPSA) is 47.6 Å². The number of allylic oxidation sites excluding steroid dienone is 3. The number of carbonyl (C=O) groups is 1. The number of aryl methyl sites for hydroxylation is 4. The molecule has 7 heteroatoms. The van der Waals surface area contributed by atoms with E-state index >= 15 is 0 Å². The number of aromatic nitrogens is 2. The normalized spacial score (nSPS) is 16.6. The van der Waals surface area contributed by atoms with Crippen molar-refractivity contribution in [3.05, 3.63) is 70.9 Å². The van der Waals surface area contributed by atoms with Crippen LogP contribution in [0.5, 0.6) is 5.75 Å². The summed E-state index contributed by atoms with van der Waals surface area (Å²) in [6.07, 6.45) is 5.22. The molecule has 178 valence electrons. The highest BCUT2D eigenvalue weighted by Gasteiger charge is 2.32. The van der Waals surface area contributed by atoms with Crippen molar-refractivity contribution < 1.29 is 42.8 Å². The van der Waals surface area contributed by atoms with Crippen molar-refractivity contribution in [2.45, 2.75) is 40.7 Å². The molecular weight excluding hydrogens is 541 g/mol. The number of anilines is 1. The molecular formula is C27H30IN3O3. The number of nitrogens with zero attached hydrogens (tertiary/aromatic N) is 3. The van der Waals surface area contributed by atoms with Crippen LogP contribution in [0.2, 0.25) is 0 Å². The Balaban J connectivity index is 0.00000274. The molecule has 0 spiro atoms. The average molecular weight is 571 g/mol. The number of ether oxygens (including phenoxy) is 2. The number of benzene rings is 2. The zero-order valence-electron chi connectivity index (χ0n) is 20.3. The Hall–Kier alpha value is -2.81. The molecule has 1 aromatic heterocycles. The molecule has 0 radical (unpaired) electrons. The van der Waals surface area contributed by atoms with Crippen LogP contribution in [0.25, 0.3) is 16.6 Å². The van der Waals surface area contributed by atoms with Crippen LogP contribution in [-0.4, -0.2) is 23.7 Å². The lowest BCUT2D eigenvalue weighted by Crippen LogP contribution is -3.00. The van der Waals surface area contributed by atoms with Gasteiger partial charge < -0.3 is 38.4 Å². The Morgan fingerprint density at radius 1 is 1.15 bits per heavy atom. The summed E-state index contributed by atoms with van der Waals surface area (Å²) >= 11 is 0. The molecule has 0 N–H and O–H groups in total. The first kappa shape index (κ1) is 24.3. The number of imidazole rings is 1. The molecule has 0 unspecified atom stereocenters. The van der Waals surface area contributed by atoms with Gasteiger partial charge in [-0.1, -0.05) is 0 Å². The van der Waals surface area contributed by atoms with Gasteiger partial charge in [0.15, 0.2) is 16.8 Å². The van der Waals surface area contributed by atoms with E-state index in [-0.39, 0.29) is 29.9 Å². The largest absolute Gasteiger partial charge is 1.00 e. The maximum atomic E-state index is 12.2. The molecule has 0 saturated heterocycles. The van der Waals surface area contributed by atoms with E-state index in [1.54, 1.807) is 0 Å². The van der Waals surface area contributed by atoms with E-state index in [9.17, 15) is 4.79 Å². The molecule has 6 nitrogen and oxygen atoms in total. The highest BCUT2D eigenvalue weighted by Crippen LogP contribution is 2.40. The van der Waals surface area contributed by atoms with Crippen LogP contribution in [0.4, 0.5) is 5.69 Å². The van der Waals surface area contributed by atoms with Crippen LogP contribution in [0.15, 0.2) is 48.4 Å². The Labute approximate surface area is 217 Å². The first-order valence-corrected chi connectivity index (χ1v) is 11.6. The smallest absolute Gasteiger partial charge is 0.338 e. The second-order valence-electron chi connectivity index (χ2n) is 8.66. The summed E-state index contributed by atoms with van der Waals surface area (Å²) in [4.78, 5) is 14.4. The average Bonchev–Trinajstić information content (AvgIpc) is 3.45. The van der Waals surface area contributed by atoms with Gasteiger partial charge in [-0.2, -0.15) is 0 Å². The lowest BCUT2D eigenvalue weighted by atomic mass is 10.1. The van der Waals surface area contributed by atoms with E-state index in [0.717, 1.165) is 53.7 Å². The number of esters is 1. The van der Waals surface area contributed by atoms with Gasteiger partial charge in [0.2, 0.25) is 5.88 Å². The minimum atomic E-state index is -0.283. The molecule has 0 bridgehead atoms. The first-order valence-electron chi connectivity index (χ1n) is 11.6. The van der Waals surface area contributed by atoms with Crippen LogP contribution < -0.4 is 38.2 Å². The molecule has 3 heterocycles. The van der Waals surface area contributed by atoms with E-state index in [4.69, 9.17) is 9.47 Å². The summed E-state index contributed by atoms with van der Waals surface area (Å²) < 4.78 is 15.9. The molecule has 2 aliphatic heterocycles. The minimum Gasteiger partial charge on any atom is -1.00 e. The van der Waals surface area contributed by atoms with Crippen molar-refractivity contribution in [1.82, 2.24) is 4.57 Å². The van der Waals surface area contributed by atoms with Crippen molar-refractivity contribution in [3.63, 3.8) is 0 Å². The van der Waals surface area contributed by atoms with Crippen molar-refractivity contribution in [2.24, 2.45) is 7.05 Å². The van der Waals surface area contributed by atoms with Gasteiger partial charge in [-0.3, -0.25) is 0 Å². The third-order valence-electron chi connectivity index (χ3n) is 6.69. The quantitative estimate of drug-likeness (QED) is 0.273. The van der Waals surface area contributed by atoms with E-state index in [1.165, 1.54) is 16.7 Å². The SMILES string of the molecule is CCOC(=O)c1ccc2c(c1)n(C)c1[n+]2CCC1=CC=C1Oc2cc(C)c(C)cc2N1CC.[I-]. The van der Waals surface area contributed by atoms with Gasteiger partial charge in [0, 0.05) is 24.6 Å². The third kappa shape index (κ3) is 3.89. The molecule has 2 aliphatic rings. The van der Waals surface area contributed by atoms with Gasteiger partial charge in [-0.15, -0.1) is 0 Å².